The number of aliphatic imine (C=N–C) groups is 6. The Morgan fingerprint density at radius 3 is 1.10 bits per heavy atom. The summed E-state index contributed by atoms with van der Waals surface area (Å²) < 4.78 is 0. The molecule has 0 atom stereocenters. The van der Waals surface area contributed by atoms with E-state index in [4.69, 9.17) is 30.0 Å². The van der Waals surface area contributed by atoms with E-state index in [0.717, 1.165) is 67.1 Å². The fourth-order valence-electron chi connectivity index (χ4n) is 5.78. The maximum Gasteiger partial charge on any atom is 0.240 e. The quantitative estimate of drug-likeness (QED) is 0.342. The van der Waals surface area contributed by atoms with Gasteiger partial charge in [0.15, 0.2) is 23.3 Å². The SMILES string of the molecule is c1ccc2c(c1)C1=NC2=NC2=c3ccccc3=C(N=C3N=C(N=C4[NH2+]C(=N1)c1ccccc14)c1ccccc13)[NH2+]2. The maximum absolute atomic E-state index is 5.08. The zero-order chi connectivity index (χ0) is 26.2. The van der Waals surface area contributed by atoms with Crippen LogP contribution in [0.2, 0.25) is 0 Å². The second-order valence-corrected chi connectivity index (χ2v) is 9.98. The van der Waals surface area contributed by atoms with E-state index in [1.807, 2.05) is 59.2 Å². The second kappa shape index (κ2) is 8.03. The van der Waals surface area contributed by atoms with Gasteiger partial charge in [-0.05, 0) is 24.3 Å². The fourth-order valence-corrected chi connectivity index (χ4v) is 5.78. The zero-order valence-electron chi connectivity index (χ0n) is 21.1. The van der Waals surface area contributed by atoms with Gasteiger partial charge in [0.25, 0.3) is 0 Å². The van der Waals surface area contributed by atoms with Crippen molar-refractivity contribution in [2.75, 3.05) is 0 Å². The molecule has 0 fully saturated rings. The van der Waals surface area contributed by atoms with Crippen LogP contribution in [0.1, 0.15) is 33.4 Å². The van der Waals surface area contributed by atoms with Crippen LogP contribution in [0, 0.1) is 0 Å². The summed E-state index contributed by atoms with van der Waals surface area (Å²) in [6.45, 7) is 0. The monoisotopic (exact) mass is 516 g/mol. The summed E-state index contributed by atoms with van der Waals surface area (Å²) in [5, 5.41) is 6.08. The van der Waals surface area contributed by atoms with Gasteiger partial charge in [-0.2, -0.15) is 20.0 Å². The van der Waals surface area contributed by atoms with E-state index in [1.165, 1.54) is 0 Å². The van der Waals surface area contributed by atoms with Gasteiger partial charge in [0.05, 0.1) is 21.6 Å². The van der Waals surface area contributed by atoms with Crippen LogP contribution in [-0.4, -0.2) is 35.0 Å². The number of fused-ring (bicyclic) bond motifs is 16. The lowest BCUT2D eigenvalue weighted by Gasteiger charge is -2.01. The molecule has 40 heavy (non-hydrogen) atoms. The molecule has 186 valence electrons. The summed E-state index contributed by atoms with van der Waals surface area (Å²) in [6.07, 6.45) is 0. The van der Waals surface area contributed by atoms with E-state index in [1.54, 1.807) is 0 Å². The van der Waals surface area contributed by atoms with Gasteiger partial charge >= 0.3 is 0 Å². The molecule has 4 aromatic rings. The van der Waals surface area contributed by atoms with Crippen molar-refractivity contribution in [2.45, 2.75) is 0 Å². The first kappa shape index (κ1) is 21.5. The van der Waals surface area contributed by atoms with Crippen LogP contribution in [0.5, 0.6) is 0 Å². The van der Waals surface area contributed by atoms with Crippen LogP contribution < -0.4 is 21.1 Å². The molecule has 5 aliphatic heterocycles. The van der Waals surface area contributed by atoms with Gasteiger partial charge < -0.3 is 0 Å². The Hall–Kier alpha value is -5.44. The van der Waals surface area contributed by atoms with Crippen molar-refractivity contribution in [3.8, 4) is 0 Å². The lowest BCUT2D eigenvalue weighted by molar-refractivity contribution is -0.465. The Balaban J connectivity index is 1.37. The molecule has 0 aliphatic carbocycles. The highest BCUT2D eigenvalue weighted by Gasteiger charge is 2.34. The van der Waals surface area contributed by atoms with Crippen molar-refractivity contribution in [2.24, 2.45) is 30.0 Å². The highest BCUT2D eigenvalue weighted by atomic mass is 15.2. The van der Waals surface area contributed by atoms with Crippen molar-refractivity contribution in [3.63, 3.8) is 0 Å². The number of rotatable bonds is 0. The molecule has 8 nitrogen and oxygen atoms in total. The Morgan fingerprint density at radius 1 is 0.325 bits per heavy atom. The largest absolute Gasteiger partial charge is 0.247 e. The standard InChI is InChI=1S/C32H18N8/c1-2-10-18-17(9-1)25-33-26(18)38-28-21-13-5-6-14-22(21)30(35-28)40-32-24-16-8-7-15-23(24)31(36-32)39-29-20-12-4-3-11-19(20)27(34-29)37-25/h1-16H,(H2,33,34,35,36,37,38,39,40)/p+2. The number of amidine groups is 6. The minimum Gasteiger partial charge on any atom is -0.247 e. The molecular formula is C32H20N8+2. The van der Waals surface area contributed by atoms with Crippen LogP contribution in [0.3, 0.4) is 0 Å². The summed E-state index contributed by atoms with van der Waals surface area (Å²) in [7, 11) is 0. The summed E-state index contributed by atoms with van der Waals surface area (Å²) in [4.78, 5) is 30.2. The summed E-state index contributed by atoms with van der Waals surface area (Å²) in [5.74, 6) is 5.84. The second-order valence-electron chi connectivity index (χ2n) is 9.98. The Bertz CT molecular complexity index is 2010. The number of quaternary nitrogens is 2. The van der Waals surface area contributed by atoms with Crippen molar-refractivity contribution in [1.29, 1.82) is 0 Å². The smallest absolute Gasteiger partial charge is 0.240 e. The Morgan fingerprint density at radius 2 is 0.675 bits per heavy atom. The van der Waals surface area contributed by atoms with Crippen LogP contribution >= 0.6 is 0 Å². The van der Waals surface area contributed by atoms with Gasteiger partial charge in [0, 0.05) is 22.3 Å². The average molecular weight is 517 g/mol. The molecular weight excluding hydrogens is 496 g/mol. The van der Waals surface area contributed by atoms with Gasteiger partial charge in [-0.1, -0.05) is 72.8 Å². The van der Waals surface area contributed by atoms with E-state index >= 15 is 0 Å². The molecule has 0 saturated heterocycles. The molecule has 5 heterocycles. The number of nitrogens with two attached hydrogens (primary N) is 2. The zero-order valence-corrected chi connectivity index (χ0v) is 21.1. The van der Waals surface area contributed by atoms with Crippen molar-refractivity contribution in [3.05, 3.63) is 141 Å². The first-order chi connectivity index (χ1) is 19.8. The number of benzene rings is 4. The lowest BCUT2D eigenvalue weighted by Crippen LogP contribution is -2.89. The van der Waals surface area contributed by atoms with Crippen molar-refractivity contribution in [1.82, 2.24) is 0 Å². The summed E-state index contributed by atoms with van der Waals surface area (Å²) in [5.41, 5.74) is 5.88. The normalized spacial score (nSPS) is 17.6. The third-order valence-corrected chi connectivity index (χ3v) is 7.65. The van der Waals surface area contributed by atoms with Gasteiger partial charge in [-0.15, -0.1) is 0 Å². The van der Waals surface area contributed by atoms with Gasteiger partial charge in [-0.3, -0.25) is 0 Å². The predicted octanol–water partition coefficient (Wildman–Crippen LogP) is 0.593. The number of hydrogen-bond acceptors (Lipinski definition) is 6. The van der Waals surface area contributed by atoms with E-state index in [9.17, 15) is 0 Å². The molecule has 0 saturated carbocycles. The van der Waals surface area contributed by atoms with Crippen LogP contribution in [0.4, 0.5) is 0 Å². The molecule has 4 aromatic carbocycles. The summed E-state index contributed by atoms with van der Waals surface area (Å²) >= 11 is 0. The third kappa shape index (κ3) is 3.08. The molecule has 8 bridgehead atoms. The average Bonchev–Trinajstić information content (AvgIpc) is 3.73. The molecule has 8 heteroatoms. The molecule has 0 spiro atoms. The topological polar surface area (TPSA) is 107 Å². The van der Waals surface area contributed by atoms with Crippen LogP contribution in [0.25, 0.3) is 11.6 Å². The lowest BCUT2D eigenvalue weighted by atomic mass is 10.1. The van der Waals surface area contributed by atoms with Crippen LogP contribution in [0.15, 0.2) is 127 Å². The molecule has 0 unspecified atom stereocenters. The van der Waals surface area contributed by atoms with Gasteiger partial charge in [0.2, 0.25) is 23.3 Å². The van der Waals surface area contributed by atoms with Crippen molar-refractivity contribution < 1.29 is 10.6 Å². The molecule has 0 amide bonds. The number of nitrogens with zero attached hydrogens (tertiary/aromatic N) is 6. The van der Waals surface area contributed by atoms with Gasteiger partial charge in [0.1, 0.15) is 0 Å². The van der Waals surface area contributed by atoms with Gasteiger partial charge in [-0.25, -0.2) is 20.6 Å². The summed E-state index contributed by atoms with van der Waals surface area (Å²) in [6, 6.07) is 32.7. The minimum atomic E-state index is 0.642. The minimum absolute atomic E-state index is 0.642. The molecule has 9 rings (SSSR count). The first-order valence-electron chi connectivity index (χ1n) is 13.1. The van der Waals surface area contributed by atoms with E-state index < -0.39 is 0 Å². The molecule has 0 aromatic heterocycles. The van der Waals surface area contributed by atoms with E-state index in [-0.39, 0.29) is 0 Å². The molecule has 4 N–H and O–H groups in total. The highest BCUT2D eigenvalue weighted by Crippen LogP contribution is 2.24. The van der Waals surface area contributed by atoms with E-state index in [2.05, 4.69) is 48.5 Å². The predicted molar refractivity (Wildman–Crippen MR) is 155 cm³/mol. The van der Waals surface area contributed by atoms with Crippen molar-refractivity contribution >= 4 is 46.7 Å². The maximum atomic E-state index is 5.08. The highest BCUT2D eigenvalue weighted by molar-refractivity contribution is 6.29. The fraction of sp³-hybridized carbons (Fsp3) is 0. The van der Waals surface area contributed by atoms with E-state index in [0.29, 0.717) is 23.3 Å². The first-order valence-corrected chi connectivity index (χ1v) is 13.1. The third-order valence-electron chi connectivity index (χ3n) is 7.65. The Kier molecular flexibility index (Phi) is 4.31. The van der Waals surface area contributed by atoms with Crippen LogP contribution in [-0.2, 0) is 0 Å². The molecule has 5 aliphatic rings. The Labute approximate surface area is 228 Å². The molecule has 0 radical (unpaired) electrons. The number of hydrogen-bond donors (Lipinski definition) is 2.